The Morgan fingerprint density at radius 1 is 0.906 bits per heavy atom. The van der Waals surface area contributed by atoms with Gasteiger partial charge in [-0.15, -0.1) is 11.3 Å². The quantitative estimate of drug-likeness (QED) is 0.108. The van der Waals surface area contributed by atoms with Crippen molar-refractivity contribution in [3.05, 3.63) is 72.1 Å². The van der Waals surface area contributed by atoms with E-state index in [0.29, 0.717) is 53.1 Å². The maximum atomic E-state index is 14.9. The fraction of sp³-hybridized carbons (Fsp3) is 0.489. The van der Waals surface area contributed by atoms with E-state index in [1.807, 2.05) is 43.5 Å². The van der Waals surface area contributed by atoms with Gasteiger partial charge < -0.3 is 30.2 Å². The molecule has 3 aliphatic carbocycles. The highest BCUT2D eigenvalue weighted by Gasteiger charge is 2.62. The molecule has 0 bridgehead atoms. The highest BCUT2D eigenvalue weighted by molar-refractivity contribution is 7.90. The van der Waals surface area contributed by atoms with Crippen LogP contribution in [-0.4, -0.2) is 79.0 Å². The molecule has 3 saturated carbocycles. The first-order valence-corrected chi connectivity index (χ1v) is 24.7. The number of benzene rings is 2. The number of allylic oxidation sites excluding steroid dienone is 1. The van der Waals surface area contributed by atoms with Crippen molar-refractivity contribution in [1.29, 1.82) is 0 Å². The van der Waals surface area contributed by atoms with Gasteiger partial charge >= 0.3 is 6.09 Å². The van der Waals surface area contributed by atoms with E-state index >= 15 is 0 Å². The van der Waals surface area contributed by atoms with Gasteiger partial charge in [0, 0.05) is 40.8 Å². The van der Waals surface area contributed by atoms with E-state index in [4.69, 9.17) is 24.2 Å². The van der Waals surface area contributed by atoms with Gasteiger partial charge in [0.2, 0.25) is 5.91 Å². The fourth-order valence-corrected chi connectivity index (χ4v) is 11.1. The maximum absolute atomic E-state index is 14.9. The van der Waals surface area contributed by atoms with Gasteiger partial charge in [-0.2, -0.15) is 0 Å². The molecule has 2 aromatic carbocycles. The van der Waals surface area contributed by atoms with Gasteiger partial charge in [-0.05, 0) is 102 Å². The lowest BCUT2D eigenvalue weighted by Gasteiger charge is -2.26. The van der Waals surface area contributed by atoms with Crippen LogP contribution in [0.5, 0.6) is 11.5 Å². The van der Waals surface area contributed by atoms with Gasteiger partial charge in [0.05, 0.1) is 35.2 Å². The van der Waals surface area contributed by atoms with Crippen LogP contribution in [0.1, 0.15) is 90.9 Å². The number of alkyl carbamates (subject to hydrolysis) is 1. The van der Waals surface area contributed by atoms with Gasteiger partial charge in [0.1, 0.15) is 34.9 Å². The molecule has 2 aromatic heterocycles. The number of amides is 3. The molecule has 340 valence electrons. The number of nitrogens with zero attached hydrogens (tertiary/aromatic N) is 2. The summed E-state index contributed by atoms with van der Waals surface area (Å²) in [5, 5.41) is 12.5. The van der Waals surface area contributed by atoms with E-state index < -0.39 is 63.4 Å². The number of fused-ring (bicyclic) bond motifs is 3. The Morgan fingerprint density at radius 3 is 2.44 bits per heavy atom. The lowest BCUT2D eigenvalue weighted by Crippen LogP contribution is -2.54. The number of nitrogens with one attached hydrogen (secondary N) is 4. The molecule has 64 heavy (non-hydrogen) atoms. The lowest BCUT2D eigenvalue weighted by molar-refractivity contribution is -0.136. The third-order valence-corrected chi connectivity index (χ3v) is 14.8. The van der Waals surface area contributed by atoms with E-state index in [-0.39, 0.29) is 42.1 Å². The van der Waals surface area contributed by atoms with Crippen LogP contribution in [0.3, 0.4) is 0 Å². The number of aromatic nitrogens is 2. The van der Waals surface area contributed by atoms with E-state index in [1.54, 1.807) is 37.4 Å². The van der Waals surface area contributed by atoms with Gasteiger partial charge in [0.15, 0.2) is 10.9 Å². The van der Waals surface area contributed by atoms with Crippen molar-refractivity contribution in [3.63, 3.8) is 0 Å². The van der Waals surface area contributed by atoms with Crippen molar-refractivity contribution < 1.29 is 41.8 Å². The fourth-order valence-electron chi connectivity index (χ4n) is 9.20. The minimum absolute atomic E-state index is 0.0879. The van der Waals surface area contributed by atoms with Crippen molar-refractivity contribution in [2.45, 2.75) is 126 Å². The third kappa shape index (κ3) is 10.2. The number of methoxy groups -OCH3 is 1. The number of ether oxygens (including phenoxy) is 3. The first-order chi connectivity index (χ1) is 30.8. The van der Waals surface area contributed by atoms with Gasteiger partial charge in [-0.25, -0.2) is 27.9 Å². The average Bonchev–Trinajstić information content (AvgIpc) is 3.70. The van der Waals surface area contributed by atoms with Gasteiger partial charge in [0.25, 0.3) is 15.9 Å². The Balaban J connectivity index is 1.12. The molecule has 4 aromatic rings. The van der Waals surface area contributed by atoms with Crippen LogP contribution in [-0.2, 0) is 29.1 Å². The largest absolute Gasteiger partial charge is 0.497 e. The highest BCUT2D eigenvalue weighted by atomic mass is 32.2. The molecule has 4 aliphatic rings. The van der Waals surface area contributed by atoms with E-state index in [9.17, 15) is 27.6 Å². The van der Waals surface area contributed by atoms with Crippen molar-refractivity contribution in [1.82, 2.24) is 25.3 Å². The van der Waals surface area contributed by atoms with Crippen LogP contribution in [0.25, 0.3) is 22.3 Å². The highest BCUT2D eigenvalue weighted by Crippen LogP contribution is 2.47. The summed E-state index contributed by atoms with van der Waals surface area (Å²) in [5.74, 6) is -3.08. The molecule has 6 atom stereocenters. The van der Waals surface area contributed by atoms with Crippen LogP contribution in [0.4, 0.5) is 9.93 Å². The minimum atomic E-state index is -4.27. The Morgan fingerprint density at radius 2 is 1.67 bits per heavy atom. The Hall–Kier alpha value is -5.55. The molecule has 3 amide bonds. The van der Waals surface area contributed by atoms with Crippen molar-refractivity contribution in [3.8, 4) is 22.9 Å². The maximum Gasteiger partial charge on any atom is 0.407 e. The summed E-state index contributed by atoms with van der Waals surface area (Å²) in [6, 6.07) is 14.1. The standard InChI is InChI=1S/C47H56N6O9S2/c1-28(2)48-45-50-40(27-63-45)39-25-41(34-21-20-31(60-3)24-38(34)49-39)61-32-22-35-36(23-32)43(55)52-47(44(56)53-64(58,59)33-17-9-7-10-18-33)26-29(47)14-8-5-4-6-11-19-37(42(35)54)51-46(57)62-30-15-12-13-16-30/h7-10,14,17-18,20-21,24-25,27-30,32,35-37H,4-6,11-13,15-16,19,22-23,26H2,1-3H3,(H,48,50)(H,51,57)(H,52,55)(H,53,56)/b14-8-/t29-,32-,35?,36+,37-,47+/m0/s1. The third-order valence-electron chi connectivity index (χ3n) is 12.7. The van der Waals surface area contributed by atoms with Gasteiger partial charge in [-0.3, -0.25) is 14.4 Å². The zero-order valence-corrected chi connectivity index (χ0v) is 38.0. The Bertz CT molecular complexity index is 2510. The summed E-state index contributed by atoms with van der Waals surface area (Å²) in [6.45, 7) is 4.06. The normalized spacial score (nSPS) is 25.8. The number of carbonyl (C=O) groups excluding carboxylic acids is 4. The minimum Gasteiger partial charge on any atom is -0.497 e. The predicted octanol–water partition coefficient (Wildman–Crippen LogP) is 7.47. The number of anilines is 1. The number of rotatable bonds is 11. The molecule has 0 radical (unpaired) electrons. The number of ketones is 1. The number of Topliss-reactive ketones (excluding diaryl/α,β-unsaturated/α-hetero) is 1. The second kappa shape index (κ2) is 19.3. The first kappa shape index (κ1) is 45.0. The van der Waals surface area contributed by atoms with Crippen LogP contribution >= 0.6 is 11.3 Å². The molecule has 4 N–H and O–H groups in total. The zero-order chi connectivity index (χ0) is 45.0. The van der Waals surface area contributed by atoms with Crippen LogP contribution in [0.2, 0.25) is 0 Å². The van der Waals surface area contributed by atoms with Crippen LogP contribution in [0.15, 0.2) is 77.0 Å². The molecule has 17 heteroatoms. The Kier molecular flexibility index (Phi) is 13.6. The summed E-state index contributed by atoms with van der Waals surface area (Å²) < 4.78 is 47.1. The number of hydrogen-bond acceptors (Lipinski definition) is 13. The topological polar surface area (TPSA) is 204 Å². The molecule has 3 fully saturated rings. The number of pyridine rings is 1. The molecule has 3 heterocycles. The van der Waals surface area contributed by atoms with Crippen molar-refractivity contribution in [2.75, 3.05) is 12.4 Å². The summed E-state index contributed by atoms with van der Waals surface area (Å²) in [7, 11) is -2.70. The molecule has 1 unspecified atom stereocenters. The number of hydrogen-bond donors (Lipinski definition) is 4. The average molecular weight is 913 g/mol. The van der Waals surface area contributed by atoms with Crippen LogP contribution in [0, 0.1) is 17.8 Å². The molecule has 0 spiro atoms. The van der Waals surface area contributed by atoms with E-state index in [0.717, 1.165) is 43.7 Å². The summed E-state index contributed by atoms with van der Waals surface area (Å²) in [4.78, 5) is 66.8. The molecule has 15 nitrogen and oxygen atoms in total. The summed E-state index contributed by atoms with van der Waals surface area (Å²) in [5.41, 5.74) is 0.214. The molecular weight excluding hydrogens is 857 g/mol. The monoisotopic (exact) mass is 912 g/mol. The number of thiazole rings is 1. The van der Waals surface area contributed by atoms with Gasteiger partial charge in [-0.1, -0.05) is 43.2 Å². The zero-order valence-electron chi connectivity index (χ0n) is 36.3. The second-order valence-corrected chi connectivity index (χ2v) is 20.2. The van der Waals surface area contributed by atoms with Crippen LogP contribution < -0.4 is 30.1 Å². The van der Waals surface area contributed by atoms with E-state index in [2.05, 4.69) is 20.7 Å². The molecule has 0 saturated heterocycles. The van der Waals surface area contributed by atoms with Crippen molar-refractivity contribution in [2.24, 2.45) is 17.8 Å². The predicted molar refractivity (Wildman–Crippen MR) is 242 cm³/mol. The molecule has 8 rings (SSSR count). The summed E-state index contributed by atoms with van der Waals surface area (Å²) >= 11 is 1.46. The molecule has 1 aliphatic heterocycles. The van der Waals surface area contributed by atoms with E-state index in [1.165, 1.54) is 23.5 Å². The van der Waals surface area contributed by atoms with Crippen molar-refractivity contribution >= 4 is 61.1 Å². The summed E-state index contributed by atoms with van der Waals surface area (Å²) in [6.07, 6.45) is 9.39. The second-order valence-electron chi connectivity index (χ2n) is 17.6. The number of carbonyl (C=O) groups is 4. The smallest absolute Gasteiger partial charge is 0.407 e. The Labute approximate surface area is 377 Å². The number of sulfonamides is 1. The SMILES string of the molecule is COc1ccc2c(O[C@H]3CC4C(=O)[C@@H](NC(=O)OC5CCCC5)CCCCC/C=C\[C@H]5C[C@@]5(C(=O)NS(=O)(=O)c5ccccc5)NC(=O)[C@@H]4C3)cc(-c3csc(NC(C)C)n3)nc2c1. The lowest BCUT2D eigenvalue weighted by atomic mass is 9.86. The first-order valence-electron chi connectivity index (χ1n) is 22.3. The molecular formula is C47H56N6O9S2.